The Balaban J connectivity index is 1.26. The Hall–Kier alpha value is -3.02. The number of hydrogen-bond donors (Lipinski definition) is 0. The van der Waals surface area contributed by atoms with Gasteiger partial charge in [0, 0.05) is 32.7 Å². The summed E-state index contributed by atoms with van der Waals surface area (Å²) in [5.74, 6) is 0.0321. The first-order chi connectivity index (χ1) is 17.2. The van der Waals surface area contributed by atoms with Crippen LogP contribution in [0.5, 0.6) is 0 Å². The predicted molar refractivity (Wildman–Crippen MR) is 137 cm³/mol. The van der Waals surface area contributed by atoms with E-state index in [-0.39, 0.29) is 23.8 Å². The van der Waals surface area contributed by atoms with Gasteiger partial charge in [0.15, 0.2) is 0 Å². The summed E-state index contributed by atoms with van der Waals surface area (Å²) in [6.45, 7) is 4.81. The van der Waals surface area contributed by atoms with Gasteiger partial charge in [-0.15, -0.1) is 0 Å². The van der Waals surface area contributed by atoms with Crippen LogP contribution in [0.4, 0.5) is 4.39 Å². The number of rotatable bonds is 6. The lowest BCUT2D eigenvalue weighted by Gasteiger charge is -2.43. The van der Waals surface area contributed by atoms with Crippen LogP contribution in [0.3, 0.4) is 0 Å². The highest BCUT2D eigenvalue weighted by molar-refractivity contribution is 5.82. The first-order valence-corrected chi connectivity index (χ1v) is 12.8. The summed E-state index contributed by atoms with van der Waals surface area (Å²) in [4.78, 5) is 20.5. The largest absolute Gasteiger partial charge is 0.339 e. The van der Waals surface area contributed by atoms with Gasteiger partial charge in [0.05, 0.1) is 12.1 Å². The maximum Gasteiger partial charge on any atom is 0.240 e. The number of halogens is 1. The number of hydrogen-bond acceptors (Lipinski definition) is 3. The van der Waals surface area contributed by atoms with E-state index in [0.29, 0.717) is 6.54 Å². The number of piperidine rings is 1. The molecule has 182 valence electrons. The summed E-state index contributed by atoms with van der Waals surface area (Å²) in [7, 11) is 0. The molecule has 2 aliphatic heterocycles. The second-order valence-corrected chi connectivity index (χ2v) is 9.69. The van der Waals surface area contributed by atoms with Crippen molar-refractivity contribution in [3.8, 4) is 0 Å². The average Bonchev–Trinajstić information content (AvgIpc) is 2.92. The van der Waals surface area contributed by atoms with Crippen molar-refractivity contribution in [1.29, 1.82) is 0 Å². The molecule has 0 bridgehead atoms. The molecule has 1 atom stereocenters. The fourth-order valence-corrected chi connectivity index (χ4v) is 5.58. The second-order valence-electron chi connectivity index (χ2n) is 9.69. The number of carbonyl (C=O) groups excluding carboxylic acids is 1. The Morgan fingerprint density at radius 3 is 1.97 bits per heavy atom. The van der Waals surface area contributed by atoms with Crippen LogP contribution >= 0.6 is 0 Å². The fraction of sp³-hybridized carbons (Fsp3) is 0.367. The van der Waals surface area contributed by atoms with Crippen LogP contribution in [0.15, 0.2) is 84.9 Å². The molecule has 0 radical (unpaired) electrons. The Morgan fingerprint density at radius 2 is 1.37 bits per heavy atom. The topological polar surface area (TPSA) is 26.8 Å². The van der Waals surface area contributed by atoms with E-state index in [1.165, 1.54) is 23.3 Å². The molecule has 0 saturated carbocycles. The van der Waals surface area contributed by atoms with Gasteiger partial charge in [-0.25, -0.2) is 4.39 Å². The Labute approximate surface area is 208 Å². The number of amides is 1. The molecule has 3 aromatic carbocycles. The maximum atomic E-state index is 13.6. The standard InChI is InChI=1S/C30H34FN3O/c31-27-16-14-24(15-17-27)23-34-18-8-7-13-28(34)30(35)33-21-19-32(20-22-33)29(25-9-3-1-4-10-25)26-11-5-2-6-12-26/h1-6,9-12,14-17,28-29H,7-8,13,18-23H2/t28-/m0/s1. The van der Waals surface area contributed by atoms with Crippen LogP contribution in [-0.4, -0.2) is 59.4 Å². The van der Waals surface area contributed by atoms with Crippen LogP contribution in [-0.2, 0) is 11.3 Å². The summed E-state index contributed by atoms with van der Waals surface area (Å²) in [5.41, 5.74) is 3.64. The van der Waals surface area contributed by atoms with Crippen molar-refractivity contribution in [1.82, 2.24) is 14.7 Å². The van der Waals surface area contributed by atoms with Crippen molar-refractivity contribution in [3.05, 3.63) is 107 Å². The molecule has 5 rings (SSSR count). The first-order valence-electron chi connectivity index (χ1n) is 12.8. The summed E-state index contributed by atoms with van der Waals surface area (Å²) in [5, 5.41) is 0. The fourth-order valence-electron chi connectivity index (χ4n) is 5.58. The van der Waals surface area contributed by atoms with Gasteiger partial charge in [0.2, 0.25) is 5.91 Å². The van der Waals surface area contributed by atoms with Gasteiger partial charge < -0.3 is 4.90 Å². The van der Waals surface area contributed by atoms with Crippen molar-refractivity contribution in [2.24, 2.45) is 0 Å². The molecular formula is C30H34FN3O. The lowest BCUT2D eigenvalue weighted by molar-refractivity contribution is -0.140. The monoisotopic (exact) mass is 471 g/mol. The number of likely N-dealkylation sites (tertiary alicyclic amines) is 1. The van der Waals surface area contributed by atoms with Gasteiger partial charge in [-0.2, -0.15) is 0 Å². The van der Waals surface area contributed by atoms with Crippen molar-refractivity contribution >= 4 is 5.91 Å². The molecule has 5 heteroatoms. The van der Waals surface area contributed by atoms with Gasteiger partial charge in [-0.3, -0.25) is 14.6 Å². The molecule has 0 unspecified atom stereocenters. The van der Waals surface area contributed by atoms with E-state index in [1.54, 1.807) is 0 Å². The van der Waals surface area contributed by atoms with Crippen molar-refractivity contribution < 1.29 is 9.18 Å². The second kappa shape index (κ2) is 11.1. The normalized spacial score (nSPS) is 19.7. The lowest BCUT2D eigenvalue weighted by Crippen LogP contribution is -2.56. The SMILES string of the molecule is O=C([C@@H]1CCCCN1Cc1ccc(F)cc1)N1CCN(C(c2ccccc2)c2ccccc2)CC1. The molecule has 0 spiro atoms. The highest BCUT2D eigenvalue weighted by Crippen LogP contribution is 2.30. The number of nitrogens with zero attached hydrogens (tertiary/aromatic N) is 3. The molecular weight excluding hydrogens is 437 g/mol. The third-order valence-corrected chi connectivity index (χ3v) is 7.42. The minimum atomic E-state index is -0.220. The van der Waals surface area contributed by atoms with Crippen LogP contribution in [0.25, 0.3) is 0 Å². The summed E-state index contributed by atoms with van der Waals surface area (Å²) in [6, 6.07) is 28.1. The molecule has 2 aliphatic rings. The van der Waals surface area contributed by atoms with E-state index in [0.717, 1.165) is 57.5 Å². The van der Waals surface area contributed by atoms with E-state index in [2.05, 4.69) is 75.4 Å². The van der Waals surface area contributed by atoms with Crippen LogP contribution < -0.4 is 0 Å². The molecule has 0 aliphatic carbocycles. The summed E-state index contributed by atoms with van der Waals surface area (Å²) < 4.78 is 13.3. The highest BCUT2D eigenvalue weighted by atomic mass is 19.1. The third kappa shape index (κ3) is 5.63. The number of carbonyl (C=O) groups is 1. The van der Waals surface area contributed by atoms with Crippen molar-refractivity contribution in [3.63, 3.8) is 0 Å². The van der Waals surface area contributed by atoms with E-state index >= 15 is 0 Å². The zero-order valence-electron chi connectivity index (χ0n) is 20.2. The predicted octanol–water partition coefficient (Wildman–Crippen LogP) is 5.11. The zero-order valence-corrected chi connectivity index (χ0v) is 20.2. The highest BCUT2D eigenvalue weighted by Gasteiger charge is 2.34. The zero-order chi connectivity index (χ0) is 24.0. The average molecular weight is 472 g/mol. The van der Waals surface area contributed by atoms with Crippen LogP contribution in [0.1, 0.15) is 42.0 Å². The Morgan fingerprint density at radius 1 is 0.771 bits per heavy atom. The summed E-state index contributed by atoms with van der Waals surface area (Å²) >= 11 is 0. The Bertz CT molecular complexity index is 1040. The number of benzene rings is 3. The Kier molecular flexibility index (Phi) is 7.55. The molecule has 0 N–H and O–H groups in total. The minimum absolute atomic E-state index is 0.0839. The molecule has 3 aromatic rings. The quantitative estimate of drug-likeness (QED) is 0.500. The van der Waals surface area contributed by atoms with Crippen molar-refractivity contribution in [2.45, 2.75) is 37.9 Å². The number of piperazine rings is 1. The lowest BCUT2D eigenvalue weighted by atomic mass is 9.96. The van der Waals surface area contributed by atoms with Gasteiger partial charge in [0.1, 0.15) is 5.82 Å². The van der Waals surface area contributed by atoms with Crippen molar-refractivity contribution in [2.75, 3.05) is 32.7 Å². The van der Waals surface area contributed by atoms with E-state index in [1.807, 2.05) is 12.1 Å². The van der Waals surface area contributed by atoms with Gasteiger partial charge in [0.25, 0.3) is 0 Å². The van der Waals surface area contributed by atoms with E-state index in [4.69, 9.17) is 0 Å². The maximum absolute atomic E-state index is 13.6. The molecule has 0 aromatic heterocycles. The van der Waals surface area contributed by atoms with E-state index in [9.17, 15) is 9.18 Å². The minimum Gasteiger partial charge on any atom is -0.339 e. The van der Waals surface area contributed by atoms with Gasteiger partial charge >= 0.3 is 0 Å². The van der Waals surface area contributed by atoms with Crippen LogP contribution in [0, 0.1) is 5.82 Å². The molecule has 1 amide bonds. The molecule has 35 heavy (non-hydrogen) atoms. The van der Waals surface area contributed by atoms with Gasteiger partial charge in [-0.05, 0) is 48.2 Å². The summed E-state index contributed by atoms with van der Waals surface area (Å²) in [6.07, 6.45) is 3.09. The molecule has 2 saturated heterocycles. The smallest absolute Gasteiger partial charge is 0.240 e. The van der Waals surface area contributed by atoms with Gasteiger partial charge in [-0.1, -0.05) is 79.2 Å². The first kappa shape index (κ1) is 23.7. The molecule has 2 fully saturated rings. The van der Waals surface area contributed by atoms with Crippen LogP contribution in [0.2, 0.25) is 0 Å². The molecule has 4 nitrogen and oxygen atoms in total. The van der Waals surface area contributed by atoms with E-state index < -0.39 is 0 Å². The molecule has 2 heterocycles. The third-order valence-electron chi connectivity index (χ3n) is 7.42.